The van der Waals surface area contributed by atoms with Gasteiger partial charge in [0.25, 0.3) is 5.56 Å². The maximum atomic E-state index is 13.1. The molecule has 0 radical (unpaired) electrons. The smallest absolute Gasteiger partial charge is 0.282 e. The van der Waals surface area contributed by atoms with E-state index in [1.807, 2.05) is 6.07 Å². The zero-order chi connectivity index (χ0) is 22.5. The van der Waals surface area contributed by atoms with Crippen LogP contribution < -0.4 is 5.56 Å². The van der Waals surface area contributed by atoms with Crippen LogP contribution in [0.25, 0.3) is 11.3 Å². The lowest BCUT2D eigenvalue weighted by molar-refractivity contribution is 0.103. The van der Waals surface area contributed by atoms with E-state index in [1.54, 1.807) is 78.9 Å². The molecule has 32 heavy (non-hydrogen) atoms. The van der Waals surface area contributed by atoms with Gasteiger partial charge in [0, 0.05) is 17.3 Å². The zero-order valence-electron chi connectivity index (χ0n) is 16.7. The predicted molar refractivity (Wildman–Crippen MR) is 120 cm³/mol. The Morgan fingerprint density at radius 2 is 1.53 bits per heavy atom. The third kappa shape index (κ3) is 3.93. The molecular weight excluding hydrogens is 404 g/mol. The summed E-state index contributed by atoms with van der Waals surface area (Å²) in [6.45, 7) is 0. The summed E-state index contributed by atoms with van der Waals surface area (Å²) in [5.41, 5.74) is 0.376. The van der Waals surface area contributed by atoms with Crippen LogP contribution in [0.1, 0.15) is 21.5 Å². The molecule has 0 bridgehead atoms. The fraction of sp³-hybridized carbons (Fsp3) is 0. The summed E-state index contributed by atoms with van der Waals surface area (Å²) in [7, 11) is 0. The van der Waals surface area contributed by atoms with Crippen molar-refractivity contribution in [3.05, 3.63) is 124 Å². The summed E-state index contributed by atoms with van der Waals surface area (Å²) >= 11 is 0. The van der Waals surface area contributed by atoms with Gasteiger partial charge in [-0.05, 0) is 18.2 Å². The normalized spacial score (nSPS) is 11.8. The highest BCUT2D eigenvalue weighted by molar-refractivity contribution is 6.12. The number of benzene rings is 2. The molecule has 2 aromatic heterocycles. The average Bonchev–Trinajstić information content (AvgIpc) is 2.86. The largest absolute Gasteiger partial charge is 0.505 e. The molecule has 0 saturated heterocycles. The molecule has 0 aliphatic heterocycles. The first-order valence-corrected chi connectivity index (χ1v) is 9.65. The highest BCUT2D eigenvalue weighted by Crippen LogP contribution is 2.23. The number of allylic oxidation sites excluding steroid dienone is 1. The maximum Gasteiger partial charge on any atom is 0.282 e. The molecule has 0 spiro atoms. The molecule has 0 amide bonds. The van der Waals surface area contributed by atoms with Gasteiger partial charge < -0.3 is 5.11 Å². The number of aliphatic hydroxyl groups excluding tert-OH is 1. The third-order valence-corrected chi connectivity index (χ3v) is 4.76. The number of fused-ring (bicyclic) bond motifs is 1. The molecule has 0 unspecified atom stereocenters. The van der Waals surface area contributed by atoms with Crippen LogP contribution in [0.3, 0.4) is 0 Å². The minimum Gasteiger partial charge on any atom is -0.505 e. The monoisotopic (exact) mass is 420 g/mol. The molecule has 1 N–H and O–H groups in total. The van der Waals surface area contributed by atoms with Gasteiger partial charge in [0.15, 0.2) is 17.1 Å². The van der Waals surface area contributed by atoms with E-state index in [4.69, 9.17) is 0 Å². The Morgan fingerprint density at radius 1 is 0.906 bits per heavy atom. The third-order valence-electron chi connectivity index (χ3n) is 4.76. The van der Waals surface area contributed by atoms with Crippen molar-refractivity contribution in [1.82, 2.24) is 4.40 Å². The first-order valence-electron chi connectivity index (χ1n) is 9.65. The van der Waals surface area contributed by atoms with Crippen molar-refractivity contribution in [2.45, 2.75) is 0 Å². The molecular formula is C25H16N4O3. The standard InChI is InChI=1S/C25H16N4O3/c26-16-19-15-20(25(32)29-14-8-7-13-21(19)29)27-28-22(23(30)17-9-3-1-4-10-17)24(31)18-11-5-2-6-12-18/h1-15,30H/b23-22-,28-27?. The van der Waals surface area contributed by atoms with Gasteiger partial charge in [0.1, 0.15) is 6.07 Å². The van der Waals surface area contributed by atoms with E-state index in [9.17, 15) is 20.0 Å². The Kier molecular flexibility index (Phi) is 5.68. The van der Waals surface area contributed by atoms with Crippen molar-refractivity contribution >= 4 is 22.7 Å². The number of hydrogen-bond acceptors (Lipinski definition) is 6. The van der Waals surface area contributed by atoms with E-state index in [0.29, 0.717) is 16.6 Å². The number of azo groups is 1. The van der Waals surface area contributed by atoms with Crippen molar-refractivity contribution in [2.24, 2.45) is 10.2 Å². The molecule has 0 aliphatic rings. The van der Waals surface area contributed by atoms with E-state index < -0.39 is 11.3 Å². The summed E-state index contributed by atoms with van der Waals surface area (Å²) in [5, 5.41) is 28.2. The second kappa shape index (κ2) is 8.90. The summed E-state index contributed by atoms with van der Waals surface area (Å²) < 4.78 is 1.28. The Hall–Kier alpha value is -4.83. The second-order valence-corrected chi connectivity index (χ2v) is 6.77. The number of carbonyl (C=O) groups excluding carboxylic acids is 1. The molecule has 4 rings (SSSR count). The van der Waals surface area contributed by atoms with Gasteiger partial charge in [-0.3, -0.25) is 14.0 Å². The molecule has 0 saturated carbocycles. The topological polar surface area (TPSA) is 107 Å². The van der Waals surface area contributed by atoms with Gasteiger partial charge in [0.2, 0.25) is 5.78 Å². The Balaban J connectivity index is 1.87. The van der Waals surface area contributed by atoms with Gasteiger partial charge in [0.05, 0.1) is 11.1 Å². The number of rotatable bonds is 5. The van der Waals surface area contributed by atoms with Crippen molar-refractivity contribution in [3.63, 3.8) is 0 Å². The van der Waals surface area contributed by atoms with Gasteiger partial charge in [-0.2, -0.15) is 5.26 Å². The summed E-state index contributed by atoms with van der Waals surface area (Å²) in [5.74, 6) is -0.929. The summed E-state index contributed by atoms with van der Waals surface area (Å²) in [6, 6.07) is 25.1. The number of carbonyl (C=O) groups is 1. The fourth-order valence-electron chi connectivity index (χ4n) is 3.16. The van der Waals surface area contributed by atoms with Crippen LogP contribution in [0.5, 0.6) is 0 Å². The Morgan fingerprint density at radius 3 is 2.19 bits per heavy atom. The van der Waals surface area contributed by atoms with Gasteiger partial charge >= 0.3 is 0 Å². The van der Waals surface area contributed by atoms with Crippen LogP contribution in [0.15, 0.2) is 112 Å². The molecule has 7 nitrogen and oxygen atoms in total. The molecule has 0 fully saturated rings. The number of nitriles is 1. The van der Waals surface area contributed by atoms with Crippen LogP contribution in [-0.2, 0) is 0 Å². The number of pyridine rings is 2. The van der Waals surface area contributed by atoms with Gasteiger partial charge in [-0.25, -0.2) is 0 Å². The summed E-state index contributed by atoms with van der Waals surface area (Å²) in [6.07, 6.45) is 1.52. The minimum atomic E-state index is -0.558. The van der Waals surface area contributed by atoms with Crippen molar-refractivity contribution < 1.29 is 9.90 Å². The van der Waals surface area contributed by atoms with Crippen LogP contribution in [0, 0.1) is 11.3 Å². The van der Waals surface area contributed by atoms with E-state index in [-0.39, 0.29) is 22.7 Å². The zero-order valence-corrected chi connectivity index (χ0v) is 16.7. The molecule has 4 aromatic rings. The fourth-order valence-corrected chi connectivity index (χ4v) is 3.16. The molecule has 2 heterocycles. The number of nitrogens with zero attached hydrogens (tertiary/aromatic N) is 4. The lowest BCUT2D eigenvalue weighted by Gasteiger charge is -2.06. The summed E-state index contributed by atoms with van der Waals surface area (Å²) in [4.78, 5) is 25.9. The number of ketones is 1. The quantitative estimate of drug-likeness (QED) is 0.211. The first-order chi connectivity index (χ1) is 15.6. The van der Waals surface area contributed by atoms with E-state index in [0.717, 1.165) is 0 Å². The van der Waals surface area contributed by atoms with Crippen molar-refractivity contribution in [1.29, 1.82) is 5.26 Å². The van der Waals surface area contributed by atoms with E-state index >= 15 is 0 Å². The highest BCUT2D eigenvalue weighted by atomic mass is 16.3. The highest BCUT2D eigenvalue weighted by Gasteiger charge is 2.19. The van der Waals surface area contributed by atoms with Crippen molar-refractivity contribution in [2.75, 3.05) is 0 Å². The van der Waals surface area contributed by atoms with E-state index in [1.165, 1.54) is 16.7 Å². The van der Waals surface area contributed by atoms with Gasteiger partial charge in [-0.15, -0.1) is 10.2 Å². The lowest BCUT2D eigenvalue weighted by atomic mass is 10.1. The SMILES string of the molecule is N#Cc1cc(N=N/C(C(=O)c2ccccc2)=C(\O)c2ccccc2)c(=O)n2ccccc12. The number of hydrogen-bond donors (Lipinski definition) is 1. The number of aliphatic hydroxyl groups is 1. The molecule has 0 aliphatic carbocycles. The van der Waals surface area contributed by atoms with Crippen LogP contribution >= 0.6 is 0 Å². The van der Waals surface area contributed by atoms with Crippen LogP contribution in [0.2, 0.25) is 0 Å². The minimum absolute atomic E-state index is 0.135. The van der Waals surface area contributed by atoms with Crippen LogP contribution in [0.4, 0.5) is 5.69 Å². The Labute approximate surface area is 182 Å². The number of aromatic nitrogens is 1. The van der Waals surface area contributed by atoms with Crippen LogP contribution in [-0.4, -0.2) is 15.3 Å². The molecule has 0 atom stereocenters. The second-order valence-electron chi connectivity index (χ2n) is 6.77. The first kappa shape index (κ1) is 20.4. The molecule has 154 valence electrons. The Bertz CT molecular complexity index is 1460. The molecule has 2 aromatic carbocycles. The molecule has 7 heteroatoms. The van der Waals surface area contributed by atoms with E-state index in [2.05, 4.69) is 10.2 Å². The predicted octanol–water partition coefficient (Wildman–Crippen LogP) is 5.06. The lowest BCUT2D eigenvalue weighted by Crippen LogP contribution is -2.13. The average molecular weight is 420 g/mol. The number of Topliss-reactive ketones (excluding diaryl/α,β-unsaturated/α-hetero) is 1. The van der Waals surface area contributed by atoms with Gasteiger partial charge in [-0.1, -0.05) is 66.7 Å². The van der Waals surface area contributed by atoms with Crippen molar-refractivity contribution in [3.8, 4) is 6.07 Å². The maximum absolute atomic E-state index is 13.1.